The van der Waals surface area contributed by atoms with E-state index in [1.165, 1.54) is 17.3 Å². The predicted molar refractivity (Wildman–Crippen MR) is 87.0 cm³/mol. The van der Waals surface area contributed by atoms with E-state index >= 15 is 0 Å². The van der Waals surface area contributed by atoms with Gasteiger partial charge in [0.2, 0.25) is 0 Å². The zero-order valence-electron chi connectivity index (χ0n) is 12.5. The first kappa shape index (κ1) is 14.5. The van der Waals surface area contributed by atoms with Gasteiger partial charge < -0.3 is 10.6 Å². The number of hydrogen-bond acceptors (Lipinski definition) is 4. The lowest BCUT2D eigenvalue weighted by molar-refractivity contribution is -0.384. The Balaban J connectivity index is 2.01. The maximum absolute atomic E-state index is 11.0. The number of anilines is 1. The summed E-state index contributed by atoms with van der Waals surface area (Å²) in [5, 5.41) is 11.0. The number of non-ortho nitro benzene ring substituents is 1. The van der Waals surface area contributed by atoms with Crippen LogP contribution in [0.4, 0.5) is 11.4 Å². The molecule has 2 atom stereocenters. The van der Waals surface area contributed by atoms with Crippen molar-refractivity contribution in [2.75, 3.05) is 11.4 Å². The van der Waals surface area contributed by atoms with E-state index in [-0.39, 0.29) is 16.7 Å². The van der Waals surface area contributed by atoms with Crippen LogP contribution >= 0.6 is 0 Å². The number of rotatable bonds is 4. The highest BCUT2D eigenvalue weighted by molar-refractivity contribution is 5.61. The molecule has 22 heavy (non-hydrogen) atoms. The zero-order valence-corrected chi connectivity index (χ0v) is 12.5. The van der Waals surface area contributed by atoms with E-state index in [2.05, 4.69) is 24.0 Å². The van der Waals surface area contributed by atoms with Gasteiger partial charge in [-0.25, -0.2) is 0 Å². The van der Waals surface area contributed by atoms with Crippen LogP contribution in [0.5, 0.6) is 0 Å². The fourth-order valence-corrected chi connectivity index (χ4v) is 3.32. The summed E-state index contributed by atoms with van der Waals surface area (Å²) < 4.78 is 0. The van der Waals surface area contributed by atoms with E-state index in [0.717, 1.165) is 12.0 Å². The molecular weight excluding hydrogens is 278 g/mol. The van der Waals surface area contributed by atoms with E-state index in [1.54, 1.807) is 12.1 Å². The van der Waals surface area contributed by atoms with Crippen molar-refractivity contribution in [3.8, 4) is 0 Å². The third kappa shape index (κ3) is 2.44. The molecule has 1 heterocycles. The Morgan fingerprint density at radius 1 is 1.32 bits per heavy atom. The third-order valence-corrected chi connectivity index (χ3v) is 4.28. The van der Waals surface area contributed by atoms with Gasteiger partial charge in [-0.15, -0.1) is 0 Å². The number of nitrogens with two attached hydrogens (primary N) is 1. The Kier molecular flexibility index (Phi) is 3.81. The molecule has 0 bridgehead atoms. The van der Waals surface area contributed by atoms with Gasteiger partial charge in [0.15, 0.2) is 0 Å². The second-order valence-electron chi connectivity index (χ2n) is 5.69. The summed E-state index contributed by atoms with van der Waals surface area (Å²) in [5.74, 6) is 0. The standard InChI is InChI=1S/C17H19N3O2/c1-12-9-13-5-2-3-8-16(13)19(12)17(11-18)14-6-4-7-15(10-14)20(21)22/h2-8,10,12,17H,9,11,18H2,1H3. The Morgan fingerprint density at radius 2 is 2.09 bits per heavy atom. The van der Waals surface area contributed by atoms with Crippen LogP contribution in [0.3, 0.4) is 0 Å². The first-order valence-corrected chi connectivity index (χ1v) is 7.42. The number of nitro groups is 1. The number of nitrogens with zero attached hydrogens (tertiary/aromatic N) is 2. The smallest absolute Gasteiger partial charge is 0.269 e. The van der Waals surface area contributed by atoms with E-state index in [0.29, 0.717) is 12.6 Å². The fourth-order valence-electron chi connectivity index (χ4n) is 3.32. The van der Waals surface area contributed by atoms with Crippen LogP contribution in [0.25, 0.3) is 0 Å². The Bertz CT molecular complexity index is 702. The molecule has 0 aliphatic carbocycles. The summed E-state index contributed by atoms with van der Waals surface area (Å²) in [7, 11) is 0. The van der Waals surface area contributed by atoms with Gasteiger partial charge >= 0.3 is 0 Å². The maximum atomic E-state index is 11.0. The minimum atomic E-state index is -0.363. The van der Waals surface area contributed by atoms with Crippen molar-refractivity contribution in [1.82, 2.24) is 0 Å². The highest BCUT2D eigenvalue weighted by atomic mass is 16.6. The quantitative estimate of drug-likeness (QED) is 0.695. The molecular formula is C17H19N3O2. The molecule has 3 rings (SSSR count). The number of fused-ring (bicyclic) bond motifs is 1. The van der Waals surface area contributed by atoms with Gasteiger partial charge in [-0.1, -0.05) is 30.3 Å². The lowest BCUT2D eigenvalue weighted by atomic mass is 10.0. The molecule has 5 nitrogen and oxygen atoms in total. The molecule has 1 aliphatic heterocycles. The van der Waals surface area contributed by atoms with Crippen molar-refractivity contribution in [3.05, 3.63) is 69.8 Å². The van der Waals surface area contributed by atoms with Crippen molar-refractivity contribution in [1.29, 1.82) is 0 Å². The normalized spacial score (nSPS) is 18.1. The average molecular weight is 297 g/mol. The van der Waals surface area contributed by atoms with Gasteiger partial charge in [0, 0.05) is 30.4 Å². The highest BCUT2D eigenvalue weighted by Crippen LogP contribution is 2.38. The maximum Gasteiger partial charge on any atom is 0.269 e. The summed E-state index contributed by atoms with van der Waals surface area (Å²) in [4.78, 5) is 12.9. The Morgan fingerprint density at radius 3 is 2.82 bits per heavy atom. The first-order chi connectivity index (χ1) is 10.6. The SMILES string of the molecule is CC1Cc2ccccc2N1C(CN)c1cccc([N+](=O)[O-])c1. The molecule has 2 aromatic rings. The molecule has 0 spiro atoms. The number of hydrogen-bond donors (Lipinski definition) is 1. The summed E-state index contributed by atoms with van der Waals surface area (Å²) in [6.45, 7) is 2.58. The molecule has 2 aromatic carbocycles. The van der Waals surface area contributed by atoms with Gasteiger partial charge in [0.25, 0.3) is 5.69 Å². The topological polar surface area (TPSA) is 72.4 Å². The van der Waals surface area contributed by atoms with Crippen molar-refractivity contribution >= 4 is 11.4 Å². The second-order valence-corrected chi connectivity index (χ2v) is 5.69. The van der Waals surface area contributed by atoms with Gasteiger partial charge in [-0.2, -0.15) is 0 Å². The number of benzene rings is 2. The Hall–Kier alpha value is -2.40. The van der Waals surface area contributed by atoms with Crippen molar-refractivity contribution < 1.29 is 4.92 Å². The number of nitro benzene ring substituents is 1. The predicted octanol–water partition coefficient (Wildman–Crippen LogP) is 3.05. The van der Waals surface area contributed by atoms with E-state index < -0.39 is 0 Å². The van der Waals surface area contributed by atoms with Crippen LogP contribution in [-0.2, 0) is 6.42 Å². The van der Waals surface area contributed by atoms with Crippen LogP contribution in [0.15, 0.2) is 48.5 Å². The van der Waals surface area contributed by atoms with Crippen molar-refractivity contribution in [3.63, 3.8) is 0 Å². The van der Waals surface area contributed by atoms with Crippen LogP contribution in [0.2, 0.25) is 0 Å². The molecule has 0 saturated carbocycles. The van der Waals surface area contributed by atoms with Gasteiger partial charge in [0.05, 0.1) is 11.0 Å². The molecule has 0 saturated heterocycles. The second kappa shape index (κ2) is 5.77. The largest absolute Gasteiger partial charge is 0.360 e. The molecule has 0 radical (unpaired) electrons. The fraction of sp³-hybridized carbons (Fsp3) is 0.294. The monoisotopic (exact) mass is 297 g/mol. The minimum absolute atomic E-state index is 0.0569. The van der Waals surface area contributed by atoms with Crippen molar-refractivity contribution in [2.45, 2.75) is 25.4 Å². The van der Waals surface area contributed by atoms with E-state index in [9.17, 15) is 10.1 Å². The summed E-state index contributed by atoms with van der Waals surface area (Å²) in [6, 6.07) is 15.3. The zero-order chi connectivity index (χ0) is 15.7. The lowest BCUT2D eigenvalue weighted by Crippen LogP contribution is -2.37. The minimum Gasteiger partial charge on any atom is -0.360 e. The summed E-state index contributed by atoms with van der Waals surface area (Å²) in [5.41, 5.74) is 9.50. The first-order valence-electron chi connectivity index (χ1n) is 7.42. The summed E-state index contributed by atoms with van der Waals surface area (Å²) >= 11 is 0. The molecule has 2 N–H and O–H groups in total. The Labute approximate surface area is 129 Å². The van der Waals surface area contributed by atoms with Gasteiger partial charge in [-0.3, -0.25) is 10.1 Å². The van der Waals surface area contributed by atoms with Crippen molar-refractivity contribution in [2.24, 2.45) is 5.73 Å². The van der Waals surface area contributed by atoms with Crippen LogP contribution in [-0.4, -0.2) is 17.5 Å². The third-order valence-electron chi connectivity index (χ3n) is 4.28. The molecule has 0 amide bonds. The average Bonchev–Trinajstić information content (AvgIpc) is 2.85. The molecule has 2 unspecified atom stereocenters. The van der Waals surface area contributed by atoms with E-state index in [1.807, 2.05) is 18.2 Å². The molecule has 0 aromatic heterocycles. The van der Waals surface area contributed by atoms with Crippen LogP contribution in [0.1, 0.15) is 24.1 Å². The molecule has 5 heteroatoms. The van der Waals surface area contributed by atoms with Crippen LogP contribution < -0.4 is 10.6 Å². The highest BCUT2D eigenvalue weighted by Gasteiger charge is 2.32. The molecule has 1 aliphatic rings. The van der Waals surface area contributed by atoms with Gasteiger partial charge in [-0.05, 0) is 30.5 Å². The van der Waals surface area contributed by atoms with E-state index in [4.69, 9.17) is 5.73 Å². The summed E-state index contributed by atoms with van der Waals surface area (Å²) in [6.07, 6.45) is 0.974. The van der Waals surface area contributed by atoms with Crippen LogP contribution in [0, 0.1) is 10.1 Å². The number of para-hydroxylation sites is 1. The lowest BCUT2D eigenvalue weighted by Gasteiger charge is -2.33. The molecule has 0 fully saturated rings. The molecule has 114 valence electrons. The van der Waals surface area contributed by atoms with Gasteiger partial charge in [0.1, 0.15) is 0 Å².